The number of hydrogen-bond donors (Lipinski definition) is 0. The molecular weight excluding hydrogens is 447 g/mol. The van der Waals surface area contributed by atoms with E-state index in [2.05, 4.69) is 140 Å². The van der Waals surface area contributed by atoms with Gasteiger partial charge in [0.1, 0.15) is 0 Å². The van der Waals surface area contributed by atoms with E-state index in [9.17, 15) is 0 Å². The molecule has 152 valence electrons. The van der Waals surface area contributed by atoms with E-state index in [1.807, 2.05) is 0 Å². The Labute approximate surface area is 191 Å². The molecule has 0 amide bonds. The molecule has 0 saturated heterocycles. The molecule has 0 bridgehead atoms. The maximum absolute atomic E-state index is 3.03. The molecule has 2 aliphatic rings. The molecule has 2 aliphatic carbocycles. The van der Waals surface area contributed by atoms with Crippen LogP contribution in [-0.2, 0) is 0 Å². The molecule has 0 aromatic heterocycles. The maximum atomic E-state index is 2.41. The van der Waals surface area contributed by atoms with Crippen LogP contribution in [0.5, 0.6) is 0 Å². The van der Waals surface area contributed by atoms with Gasteiger partial charge < -0.3 is 0 Å². The summed E-state index contributed by atoms with van der Waals surface area (Å²) in [6.07, 6.45) is 9.34. The van der Waals surface area contributed by atoms with E-state index in [0.29, 0.717) is 0 Å². The molecule has 1 heteroatoms. The van der Waals surface area contributed by atoms with Crippen LogP contribution in [0.4, 0.5) is 0 Å². The molecule has 0 atom stereocenters. The minimum atomic E-state index is -3.03. The monoisotopic (exact) mass is 470 g/mol. The zero-order valence-electron chi connectivity index (χ0n) is 17.7. The Hall–Kier alpha value is -3.47. The van der Waals surface area contributed by atoms with Crippen LogP contribution in [0, 0.1) is 0 Å². The molecule has 0 spiro atoms. The molecule has 0 heterocycles. The number of benzene rings is 4. The zero-order valence-corrected chi connectivity index (χ0v) is 19.6. The molecule has 32 heavy (non-hydrogen) atoms. The fraction of sp³-hybridized carbons (Fsp3) is 0. The standard InChI is InChI=1S/C31H23As/c1-4-14-25(15-5-1)32(26-16-6-2-7-17-26,27-18-8-3-9-19-27)31-22-12-21-29-28-20-11-10-13-24(28)23-30(29)31/h1-23H. The molecule has 0 N–H and O–H groups in total. The Bertz CT molecular complexity index is 1330. The predicted octanol–water partition coefficient (Wildman–Crippen LogP) is 4.96. The fourth-order valence-corrected chi connectivity index (χ4v) is 14.4. The second-order valence-electron chi connectivity index (χ2n) is 8.15. The first-order valence-corrected chi connectivity index (χ1v) is 14.8. The van der Waals surface area contributed by atoms with Crippen molar-refractivity contribution in [2.75, 3.05) is 0 Å². The summed E-state index contributed by atoms with van der Waals surface area (Å²) < 4.78 is 5.82. The van der Waals surface area contributed by atoms with Gasteiger partial charge in [0.25, 0.3) is 0 Å². The summed E-state index contributed by atoms with van der Waals surface area (Å²) >= 11 is -3.03. The predicted molar refractivity (Wildman–Crippen MR) is 141 cm³/mol. The van der Waals surface area contributed by atoms with Crippen molar-refractivity contribution in [3.05, 3.63) is 150 Å². The Morgan fingerprint density at radius 2 is 0.969 bits per heavy atom. The molecule has 0 fully saturated rings. The molecule has 0 radical (unpaired) electrons. The van der Waals surface area contributed by atoms with Crippen molar-refractivity contribution in [3.63, 3.8) is 0 Å². The minimum absolute atomic E-state index is 1.32. The summed E-state index contributed by atoms with van der Waals surface area (Å²) in [5, 5.41) is 0. The first-order chi connectivity index (χ1) is 15.9. The normalized spacial score (nSPS) is 14.4. The van der Waals surface area contributed by atoms with Crippen molar-refractivity contribution >= 4 is 42.1 Å². The third-order valence-corrected chi connectivity index (χ3v) is 15.5. The van der Waals surface area contributed by atoms with Gasteiger partial charge in [0.2, 0.25) is 0 Å². The van der Waals surface area contributed by atoms with Crippen molar-refractivity contribution in [1.29, 1.82) is 0 Å². The van der Waals surface area contributed by atoms with E-state index in [0.717, 1.165) is 0 Å². The molecule has 6 rings (SSSR count). The Kier molecular flexibility index (Phi) is 4.75. The van der Waals surface area contributed by atoms with E-state index >= 15 is 0 Å². The van der Waals surface area contributed by atoms with Crippen LogP contribution in [-0.4, -0.2) is 17.4 Å². The van der Waals surface area contributed by atoms with Crippen LogP contribution in [0.1, 0.15) is 11.1 Å². The molecule has 4 aromatic rings. The van der Waals surface area contributed by atoms with E-state index in [1.54, 1.807) is 0 Å². The summed E-state index contributed by atoms with van der Waals surface area (Å²) in [7, 11) is 0. The van der Waals surface area contributed by atoms with E-state index in [4.69, 9.17) is 0 Å². The second-order valence-corrected chi connectivity index (χ2v) is 15.2. The van der Waals surface area contributed by atoms with Crippen LogP contribution in [0.2, 0.25) is 0 Å². The van der Waals surface area contributed by atoms with Gasteiger partial charge in [0, 0.05) is 0 Å². The van der Waals surface area contributed by atoms with Gasteiger partial charge in [-0.2, -0.15) is 0 Å². The van der Waals surface area contributed by atoms with Crippen molar-refractivity contribution in [2.45, 2.75) is 0 Å². The van der Waals surface area contributed by atoms with Gasteiger partial charge in [-0.1, -0.05) is 0 Å². The number of fused-ring (bicyclic) bond motifs is 3. The van der Waals surface area contributed by atoms with Gasteiger partial charge in [-0.3, -0.25) is 0 Å². The quantitative estimate of drug-likeness (QED) is 0.372. The molecular formula is C31H23As. The third kappa shape index (κ3) is 2.88. The van der Waals surface area contributed by atoms with E-state index < -0.39 is 13.1 Å². The Morgan fingerprint density at radius 3 is 1.53 bits per heavy atom. The first-order valence-electron chi connectivity index (χ1n) is 11.0. The topological polar surface area (TPSA) is 0 Å². The summed E-state index contributed by atoms with van der Waals surface area (Å²) in [6.45, 7) is 0. The fourth-order valence-electron chi connectivity index (χ4n) is 5.07. The van der Waals surface area contributed by atoms with Gasteiger partial charge in [0.15, 0.2) is 0 Å². The van der Waals surface area contributed by atoms with E-state index in [1.165, 1.54) is 39.6 Å². The van der Waals surface area contributed by atoms with Crippen molar-refractivity contribution in [2.24, 2.45) is 0 Å². The van der Waals surface area contributed by atoms with Crippen LogP contribution in [0.25, 0.3) is 11.6 Å². The average molecular weight is 470 g/mol. The Morgan fingerprint density at radius 1 is 0.469 bits per heavy atom. The zero-order chi connectivity index (χ0) is 21.4. The number of hydrogen-bond acceptors (Lipinski definition) is 0. The van der Waals surface area contributed by atoms with Crippen LogP contribution in [0.15, 0.2) is 139 Å². The van der Waals surface area contributed by atoms with Gasteiger partial charge in [-0.15, -0.1) is 0 Å². The Balaban J connectivity index is 1.80. The van der Waals surface area contributed by atoms with Crippen LogP contribution in [0.3, 0.4) is 0 Å². The van der Waals surface area contributed by atoms with Gasteiger partial charge in [0.05, 0.1) is 0 Å². The van der Waals surface area contributed by atoms with Crippen molar-refractivity contribution in [3.8, 4) is 0 Å². The summed E-state index contributed by atoms with van der Waals surface area (Å²) in [5.74, 6) is 0. The van der Waals surface area contributed by atoms with Gasteiger partial charge in [-0.25, -0.2) is 0 Å². The molecule has 0 unspecified atom stereocenters. The number of rotatable bonds is 3. The summed E-state index contributed by atoms with van der Waals surface area (Å²) in [4.78, 5) is 0. The second kappa shape index (κ2) is 7.90. The molecule has 0 nitrogen and oxygen atoms in total. The van der Waals surface area contributed by atoms with E-state index in [-0.39, 0.29) is 0 Å². The number of allylic oxidation sites excluding steroid dienone is 5. The van der Waals surface area contributed by atoms with Gasteiger partial charge in [-0.05, 0) is 0 Å². The summed E-state index contributed by atoms with van der Waals surface area (Å²) in [5.41, 5.74) is 5.40. The third-order valence-electron chi connectivity index (χ3n) is 6.43. The summed E-state index contributed by atoms with van der Waals surface area (Å²) in [6, 6.07) is 42.4. The molecule has 4 aromatic carbocycles. The van der Waals surface area contributed by atoms with Crippen molar-refractivity contribution < 1.29 is 0 Å². The molecule has 0 saturated carbocycles. The SMILES string of the molecule is C1=CC(=[As](c2ccccc2)(c2ccccc2)c2ccccc2)C2=Cc3ccccc3C2=C1. The van der Waals surface area contributed by atoms with Crippen LogP contribution >= 0.6 is 0 Å². The van der Waals surface area contributed by atoms with Gasteiger partial charge >= 0.3 is 192 Å². The average Bonchev–Trinajstić information content (AvgIpc) is 3.26. The first kappa shape index (κ1) is 19.2. The van der Waals surface area contributed by atoms with Crippen LogP contribution < -0.4 is 13.1 Å². The molecule has 0 aliphatic heterocycles. The van der Waals surface area contributed by atoms with Crippen molar-refractivity contribution in [1.82, 2.24) is 0 Å².